The lowest BCUT2D eigenvalue weighted by atomic mass is 10.3. The maximum absolute atomic E-state index is 13.3. The van der Waals surface area contributed by atoms with Gasteiger partial charge >= 0.3 is 11.9 Å². The molecule has 0 aliphatic rings. The summed E-state index contributed by atoms with van der Waals surface area (Å²) in [5, 5.41) is 0. The van der Waals surface area contributed by atoms with Crippen molar-refractivity contribution in [1.82, 2.24) is 9.13 Å². The third kappa shape index (κ3) is 2.67. The van der Waals surface area contributed by atoms with Crippen molar-refractivity contribution in [3.8, 4) is 0 Å². The largest absolute Gasteiger partial charge is 0.431 e. The van der Waals surface area contributed by atoms with Crippen molar-refractivity contribution in [2.75, 3.05) is 0 Å². The van der Waals surface area contributed by atoms with E-state index >= 15 is 0 Å². The number of alkyl halides is 3. The first-order valence-corrected chi connectivity index (χ1v) is 5.03. The van der Waals surface area contributed by atoms with Gasteiger partial charge in [-0.25, -0.2) is 13.8 Å². The Balaban J connectivity index is 3.67. The van der Waals surface area contributed by atoms with Crippen LogP contribution >= 0.6 is 0 Å². The van der Waals surface area contributed by atoms with E-state index in [1.807, 2.05) is 0 Å². The zero-order valence-electron chi connectivity index (χ0n) is 10.1. The Morgan fingerprint density at radius 3 is 2.32 bits per heavy atom. The van der Waals surface area contributed by atoms with Crippen LogP contribution in [0.15, 0.2) is 34.1 Å². The lowest BCUT2D eigenvalue weighted by molar-refractivity contribution is -0.144. The van der Waals surface area contributed by atoms with E-state index in [2.05, 4.69) is 6.58 Å². The number of aromatic nitrogens is 2. The maximum Gasteiger partial charge on any atom is 0.431 e. The van der Waals surface area contributed by atoms with Crippen LogP contribution in [-0.2, 0) is 13.2 Å². The van der Waals surface area contributed by atoms with Gasteiger partial charge in [0.05, 0.1) is 5.70 Å². The van der Waals surface area contributed by atoms with Gasteiger partial charge in [0.15, 0.2) is 0 Å². The highest BCUT2D eigenvalue weighted by molar-refractivity contribution is 5.58. The molecule has 0 radical (unpaired) electrons. The number of rotatable bonds is 2. The summed E-state index contributed by atoms with van der Waals surface area (Å²) in [6.45, 7) is 4.47. The summed E-state index contributed by atoms with van der Waals surface area (Å²) >= 11 is 0. The molecule has 1 rings (SSSR count). The summed E-state index contributed by atoms with van der Waals surface area (Å²) in [5.74, 6) is -0.973. The minimum Gasteiger partial charge on any atom is -0.292 e. The smallest absolute Gasteiger partial charge is 0.292 e. The average Bonchev–Trinajstić information content (AvgIpc) is 2.31. The highest BCUT2D eigenvalue weighted by Crippen LogP contribution is 2.27. The monoisotopic (exact) mass is 278 g/mol. The van der Waals surface area contributed by atoms with Crippen molar-refractivity contribution in [2.45, 2.75) is 13.1 Å². The van der Waals surface area contributed by atoms with Crippen LogP contribution in [0.2, 0.25) is 0 Å². The molecule has 1 aromatic rings. The van der Waals surface area contributed by atoms with Gasteiger partial charge < -0.3 is 0 Å². The van der Waals surface area contributed by atoms with Crippen LogP contribution in [-0.4, -0.2) is 9.13 Å². The van der Waals surface area contributed by atoms with E-state index in [1.165, 1.54) is 6.92 Å². The third-order valence-electron chi connectivity index (χ3n) is 2.41. The Kier molecular flexibility index (Phi) is 3.83. The van der Waals surface area contributed by atoms with Gasteiger partial charge in [0, 0.05) is 13.1 Å². The van der Waals surface area contributed by atoms with Gasteiger partial charge in [-0.15, -0.1) is 0 Å². The molecular formula is C11H10F4N2O2. The highest BCUT2D eigenvalue weighted by Gasteiger charge is 2.35. The number of hydrogen-bond donors (Lipinski definition) is 0. The van der Waals surface area contributed by atoms with Crippen molar-refractivity contribution < 1.29 is 17.6 Å². The van der Waals surface area contributed by atoms with Crippen LogP contribution in [0, 0.1) is 0 Å². The molecule has 0 spiro atoms. The highest BCUT2D eigenvalue weighted by atomic mass is 19.4. The molecule has 19 heavy (non-hydrogen) atoms. The second-order valence-electron chi connectivity index (χ2n) is 3.63. The standard InChI is InChI=1S/C11H10F4N2O2/c1-4-7(12)6(2)17-9(18)5-8(11(13,14)15)16(3)10(17)19/h4-5H,2H2,1,3H3/b7-4+. The van der Waals surface area contributed by atoms with Crippen LogP contribution < -0.4 is 11.2 Å². The third-order valence-corrected chi connectivity index (χ3v) is 2.41. The SMILES string of the molecule is C=C(/C(F)=C\C)n1c(=O)cc(C(F)(F)F)n(C)c1=O. The van der Waals surface area contributed by atoms with E-state index in [9.17, 15) is 27.2 Å². The summed E-state index contributed by atoms with van der Waals surface area (Å²) in [5.41, 5.74) is -4.63. The van der Waals surface area contributed by atoms with E-state index in [-0.39, 0.29) is 15.2 Å². The number of halogens is 4. The summed E-state index contributed by atoms with van der Waals surface area (Å²) < 4.78 is 51.4. The first-order valence-electron chi connectivity index (χ1n) is 5.03. The van der Waals surface area contributed by atoms with Crippen LogP contribution in [0.1, 0.15) is 12.6 Å². The lowest BCUT2D eigenvalue weighted by Gasteiger charge is -2.14. The van der Waals surface area contributed by atoms with Crippen molar-refractivity contribution in [2.24, 2.45) is 7.05 Å². The Bertz CT molecular complexity index is 665. The molecule has 0 fully saturated rings. The zero-order valence-corrected chi connectivity index (χ0v) is 10.1. The number of nitrogens with zero attached hydrogens (tertiary/aromatic N) is 2. The van der Waals surface area contributed by atoms with Crippen molar-refractivity contribution in [3.05, 3.63) is 51.1 Å². The zero-order chi connectivity index (χ0) is 15.0. The van der Waals surface area contributed by atoms with Crippen LogP contribution in [0.25, 0.3) is 5.70 Å². The second kappa shape index (κ2) is 4.87. The number of hydrogen-bond acceptors (Lipinski definition) is 2. The van der Waals surface area contributed by atoms with E-state index in [0.717, 1.165) is 13.1 Å². The Morgan fingerprint density at radius 1 is 1.37 bits per heavy atom. The fourth-order valence-corrected chi connectivity index (χ4v) is 1.42. The molecule has 0 atom stereocenters. The molecule has 0 saturated heterocycles. The molecule has 1 aromatic heterocycles. The molecule has 0 bridgehead atoms. The number of allylic oxidation sites excluding steroid dienone is 3. The quantitative estimate of drug-likeness (QED) is 0.612. The van der Waals surface area contributed by atoms with E-state index in [0.29, 0.717) is 0 Å². The molecule has 0 aliphatic carbocycles. The first-order chi connectivity index (χ1) is 8.61. The molecule has 1 heterocycles. The molecule has 0 saturated carbocycles. The minimum absolute atomic E-state index is 0.218. The van der Waals surface area contributed by atoms with Crippen molar-refractivity contribution in [1.29, 1.82) is 0 Å². The Labute approximate surface area is 104 Å². The minimum atomic E-state index is -4.85. The van der Waals surface area contributed by atoms with Crippen molar-refractivity contribution >= 4 is 5.70 Å². The normalized spacial score (nSPS) is 12.6. The second-order valence-corrected chi connectivity index (χ2v) is 3.63. The molecule has 0 N–H and O–H groups in total. The molecule has 0 amide bonds. The lowest BCUT2D eigenvalue weighted by Crippen LogP contribution is -2.41. The molecular weight excluding hydrogens is 268 g/mol. The molecule has 0 unspecified atom stereocenters. The predicted molar refractivity (Wildman–Crippen MR) is 61.1 cm³/mol. The van der Waals surface area contributed by atoms with Crippen LogP contribution in [0.5, 0.6) is 0 Å². The molecule has 104 valence electrons. The summed E-state index contributed by atoms with van der Waals surface area (Å²) in [4.78, 5) is 23.2. The van der Waals surface area contributed by atoms with Crippen LogP contribution in [0.4, 0.5) is 17.6 Å². The van der Waals surface area contributed by atoms with Gasteiger partial charge in [0.25, 0.3) is 5.56 Å². The maximum atomic E-state index is 13.3. The molecule has 8 heteroatoms. The Morgan fingerprint density at radius 2 is 1.89 bits per heavy atom. The predicted octanol–water partition coefficient (Wildman–Crippen LogP) is 1.91. The van der Waals surface area contributed by atoms with Crippen molar-refractivity contribution in [3.63, 3.8) is 0 Å². The first kappa shape index (κ1) is 14.9. The summed E-state index contributed by atoms with van der Waals surface area (Å²) in [6.07, 6.45) is -3.92. The summed E-state index contributed by atoms with van der Waals surface area (Å²) in [6, 6.07) is 0.218. The van der Waals surface area contributed by atoms with Crippen LogP contribution in [0.3, 0.4) is 0 Å². The average molecular weight is 278 g/mol. The van der Waals surface area contributed by atoms with E-state index < -0.39 is 34.6 Å². The van der Waals surface area contributed by atoms with Gasteiger partial charge in [0.1, 0.15) is 11.5 Å². The van der Waals surface area contributed by atoms with Gasteiger partial charge in [-0.3, -0.25) is 9.36 Å². The molecule has 0 aliphatic heterocycles. The Hall–Kier alpha value is -2.12. The topological polar surface area (TPSA) is 44.0 Å². The molecule has 4 nitrogen and oxygen atoms in total. The fourth-order valence-electron chi connectivity index (χ4n) is 1.42. The molecule has 0 aromatic carbocycles. The van der Waals surface area contributed by atoms with Gasteiger partial charge in [-0.1, -0.05) is 6.58 Å². The van der Waals surface area contributed by atoms with Gasteiger partial charge in [0.2, 0.25) is 0 Å². The van der Waals surface area contributed by atoms with Gasteiger partial charge in [-0.05, 0) is 13.0 Å². The van der Waals surface area contributed by atoms with Gasteiger partial charge in [-0.2, -0.15) is 13.2 Å². The summed E-state index contributed by atoms with van der Waals surface area (Å²) in [7, 11) is 0.835. The fraction of sp³-hybridized carbons (Fsp3) is 0.273. The van der Waals surface area contributed by atoms with E-state index in [1.54, 1.807) is 0 Å². The van der Waals surface area contributed by atoms with E-state index in [4.69, 9.17) is 0 Å².